The average Bonchev–Trinajstić information content (AvgIpc) is 2.91. The molecule has 22 heavy (non-hydrogen) atoms. The Balaban J connectivity index is 1.51. The summed E-state index contributed by atoms with van der Waals surface area (Å²) in [4.78, 5) is 26.6. The fraction of sp³-hybridized carbons (Fsp3) is 0.889. The van der Waals surface area contributed by atoms with E-state index in [4.69, 9.17) is 4.74 Å². The standard InChI is InChI=1S/C18H29NO3/c1-13-7-9-15(10-8-13)19-12-14(11-17(19)20)18(21)22-16-5-3-2-4-6-16/h13-16H,2-12H2,1H3. The summed E-state index contributed by atoms with van der Waals surface area (Å²) in [5, 5.41) is 0. The van der Waals surface area contributed by atoms with Crippen molar-refractivity contribution in [2.45, 2.75) is 83.3 Å². The highest BCUT2D eigenvalue weighted by molar-refractivity contribution is 5.87. The maximum atomic E-state index is 12.3. The molecule has 1 saturated heterocycles. The molecule has 0 aromatic heterocycles. The summed E-state index contributed by atoms with van der Waals surface area (Å²) in [6.07, 6.45) is 10.6. The molecule has 4 heteroatoms. The van der Waals surface area contributed by atoms with Crippen molar-refractivity contribution in [1.29, 1.82) is 0 Å². The van der Waals surface area contributed by atoms with E-state index in [-0.39, 0.29) is 23.9 Å². The molecule has 0 bridgehead atoms. The van der Waals surface area contributed by atoms with Crippen LogP contribution in [-0.2, 0) is 14.3 Å². The third-order valence-electron chi connectivity index (χ3n) is 5.75. The normalized spacial score (nSPS) is 34.0. The summed E-state index contributed by atoms with van der Waals surface area (Å²) in [5.74, 6) is 0.576. The molecule has 3 rings (SSSR count). The molecule has 0 N–H and O–H groups in total. The van der Waals surface area contributed by atoms with E-state index in [1.54, 1.807) is 0 Å². The topological polar surface area (TPSA) is 46.6 Å². The maximum absolute atomic E-state index is 12.3. The molecular formula is C18H29NO3. The lowest BCUT2D eigenvalue weighted by Gasteiger charge is -2.33. The van der Waals surface area contributed by atoms with Gasteiger partial charge in [0.15, 0.2) is 0 Å². The van der Waals surface area contributed by atoms with Crippen molar-refractivity contribution in [3.63, 3.8) is 0 Å². The molecule has 0 aromatic rings. The largest absolute Gasteiger partial charge is 0.462 e. The first-order chi connectivity index (χ1) is 10.6. The smallest absolute Gasteiger partial charge is 0.311 e. The Morgan fingerprint density at radius 1 is 1.05 bits per heavy atom. The second-order valence-electron chi connectivity index (χ2n) is 7.56. The third-order valence-corrected chi connectivity index (χ3v) is 5.75. The lowest BCUT2D eigenvalue weighted by molar-refractivity contribution is -0.155. The molecule has 1 unspecified atom stereocenters. The zero-order valence-corrected chi connectivity index (χ0v) is 13.8. The quantitative estimate of drug-likeness (QED) is 0.752. The zero-order valence-electron chi connectivity index (χ0n) is 13.8. The predicted octanol–water partition coefficient (Wildman–Crippen LogP) is 3.29. The first-order valence-electron chi connectivity index (χ1n) is 9.13. The van der Waals surface area contributed by atoms with Crippen LogP contribution in [0.25, 0.3) is 0 Å². The molecular weight excluding hydrogens is 278 g/mol. The van der Waals surface area contributed by atoms with Crippen LogP contribution in [0.1, 0.15) is 71.1 Å². The van der Waals surface area contributed by atoms with E-state index in [2.05, 4.69) is 6.92 Å². The minimum atomic E-state index is -0.228. The molecule has 4 nitrogen and oxygen atoms in total. The molecule has 3 aliphatic rings. The second kappa shape index (κ2) is 7.01. The first kappa shape index (κ1) is 15.8. The van der Waals surface area contributed by atoms with E-state index in [1.165, 1.54) is 19.3 Å². The van der Waals surface area contributed by atoms with Crippen LogP contribution in [0.15, 0.2) is 0 Å². The summed E-state index contributed by atoms with van der Waals surface area (Å²) in [7, 11) is 0. The van der Waals surface area contributed by atoms with Gasteiger partial charge in [0.05, 0.1) is 5.92 Å². The van der Waals surface area contributed by atoms with Crippen molar-refractivity contribution < 1.29 is 14.3 Å². The van der Waals surface area contributed by atoms with Crippen molar-refractivity contribution in [3.8, 4) is 0 Å². The van der Waals surface area contributed by atoms with Gasteiger partial charge < -0.3 is 9.64 Å². The van der Waals surface area contributed by atoms with Gasteiger partial charge in [0.25, 0.3) is 0 Å². The predicted molar refractivity (Wildman–Crippen MR) is 84.2 cm³/mol. The average molecular weight is 307 g/mol. The van der Waals surface area contributed by atoms with Gasteiger partial charge >= 0.3 is 5.97 Å². The number of nitrogens with zero attached hydrogens (tertiary/aromatic N) is 1. The monoisotopic (exact) mass is 307 g/mol. The van der Waals surface area contributed by atoms with Gasteiger partial charge in [0.1, 0.15) is 6.10 Å². The minimum absolute atomic E-state index is 0.0981. The number of rotatable bonds is 3. The Bertz CT molecular complexity index is 409. The lowest BCUT2D eigenvalue weighted by atomic mass is 9.87. The molecule has 2 saturated carbocycles. The Labute approximate surface area is 133 Å². The molecule has 1 atom stereocenters. The number of hydrogen-bond acceptors (Lipinski definition) is 3. The van der Waals surface area contributed by atoms with Crippen LogP contribution in [0, 0.1) is 11.8 Å². The van der Waals surface area contributed by atoms with Crippen LogP contribution in [0.2, 0.25) is 0 Å². The van der Waals surface area contributed by atoms with Crippen LogP contribution in [0.5, 0.6) is 0 Å². The Morgan fingerprint density at radius 2 is 1.73 bits per heavy atom. The van der Waals surface area contributed by atoms with Crippen LogP contribution >= 0.6 is 0 Å². The highest BCUT2D eigenvalue weighted by Crippen LogP contribution is 2.32. The van der Waals surface area contributed by atoms with E-state index in [1.807, 2.05) is 4.90 Å². The highest BCUT2D eigenvalue weighted by atomic mass is 16.5. The fourth-order valence-corrected chi connectivity index (χ4v) is 4.24. The Morgan fingerprint density at radius 3 is 2.41 bits per heavy atom. The molecule has 0 spiro atoms. The number of likely N-dealkylation sites (tertiary alicyclic amines) is 1. The maximum Gasteiger partial charge on any atom is 0.311 e. The van der Waals surface area contributed by atoms with Crippen molar-refractivity contribution in [2.75, 3.05) is 6.54 Å². The molecule has 0 radical (unpaired) electrons. The molecule has 0 aromatic carbocycles. The second-order valence-corrected chi connectivity index (χ2v) is 7.56. The fourth-order valence-electron chi connectivity index (χ4n) is 4.24. The molecule has 3 fully saturated rings. The molecule has 1 aliphatic heterocycles. The van der Waals surface area contributed by atoms with Crippen LogP contribution in [-0.4, -0.2) is 35.5 Å². The van der Waals surface area contributed by atoms with Gasteiger partial charge in [-0.25, -0.2) is 0 Å². The summed E-state index contributed by atoms with van der Waals surface area (Å²) in [5.41, 5.74) is 0. The summed E-state index contributed by atoms with van der Waals surface area (Å²) >= 11 is 0. The summed E-state index contributed by atoms with van der Waals surface area (Å²) in [6.45, 7) is 2.87. The van der Waals surface area contributed by atoms with E-state index < -0.39 is 0 Å². The zero-order chi connectivity index (χ0) is 15.5. The van der Waals surface area contributed by atoms with E-state index >= 15 is 0 Å². The van der Waals surface area contributed by atoms with Crippen LogP contribution in [0.4, 0.5) is 0 Å². The van der Waals surface area contributed by atoms with Gasteiger partial charge in [-0.1, -0.05) is 13.3 Å². The number of amides is 1. The van der Waals surface area contributed by atoms with Gasteiger partial charge in [-0.05, 0) is 57.3 Å². The van der Waals surface area contributed by atoms with E-state index in [0.29, 0.717) is 19.0 Å². The van der Waals surface area contributed by atoms with Gasteiger partial charge in [0, 0.05) is 19.0 Å². The van der Waals surface area contributed by atoms with Gasteiger partial charge in [-0.2, -0.15) is 0 Å². The summed E-state index contributed by atoms with van der Waals surface area (Å²) in [6, 6.07) is 0.358. The van der Waals surface area contributed by atoms with Gasteiger partial charge in [0.2, 0.25) is 5.91 Å². The SMILES string of the molecule is CC1CCC(N2CC(C(=O)OC3CCCCC3)CC2=O)CC1. The number of esters is 1. The molecule has 2 aliphatic carbocycles. The molecule has 124 valence electrons. The van der Waals surface area contributed by atoms with Crippen molar-refractivity contribution in [1.82, 2.24) is 4.90 Å². The van der Waals surface area contributed by atoms with Crippen molar-refractivity contribution in [3.05, 3.63) is 0 Å². The van der Waals surface area contributed by atoms with E-state index in [9.17, 15) is 9.59 Å². The molecule has 1 heterocycles. The number of carbonyl (C=O) groups excluding carboxylic acids is 2. The van der Waals surface area contributed by atoms with Crippen LogP contribution in [0.3, 0.4) is 0 Å². The highest BCUT2D eigenvalue weighted by Gasteiger charge is 2.40. The number of ether oxygens (including phenoxy) is 1. The molecule has 1 amide bonds. The van der Waals surface area contributed by atoms with Crippen molar-refractivity contribution >= 4 is 11.9 Å². The number of carbonyl (C=O) groups is 2. The third kappa shape index (κ3) is 3.64. The van der Waals surface area contributed by atoms with Gasteiger partial charge in [-0.15, -0.1) is 0 Å². The van der Waals surface area contributed by atoms with E-state index in [0.717, 1.165) is 44.4 Å². The Hall–Kier alpha value is -1.06. The Kier molecular flexibility index (Phi) is 5.04. The first-order valence-corrected chi connectivity index (χ1v) is 9.13. The minimum Gasteiger partial charge on any atom is -0.462 e. The van der Waals surface area contributed by atoms with Crippen molar-refractivity contribution in [2.24, 2.45) is 11.8 Å². The van der Waals surface area contributed by atoms with Crippen LogP contribution < -0.4 is 0 Å². The van der Waals surface area contributed by atoms with Gasteiger partial charge in [-0.3, -0.25) is 9.59 Å². The summed E-state index contributed by atoms with van der Waals surface area (Å²) < 4.78 is 5.66. The number of hydrogen-bond donors (Lipinski definition) is 0. The lowest BCUT2D eigenvalue weighted by Crippen LogP contribution is -2.39.